The van der Waals surface area contributed by atoms with Gasteiger partial charge in [-0.3, -0.25) is 5.32 Å². The molecule has 3 atom stereocenters. The third kappa shape index (κ3) is 3.12. The summed E-state index contributed by atoms with van der Waals surface area (Å²) in [5.41, 5.74) is 0.938. The second-order valence-corrected chi connectivity index (χ2v) is 4.98. The molecule has 1 aliphatic rings. The molecule has 1 aliphatic heterocycles. The predicted octanol–water partition coefficient (Wildman–Crippen LogP) is 3.02. The van der Waals surface area contributed by atoms with Gasteiger partial charge in [-0.05, 0) is 30.7 Å². The highest BCUT2D eigenvalue weighted by molar-refractivity contribution is 6.34. The van der Waals surface area contributed by atoms with E-state index in [1.54, 1.807) is 13.2 Å². The number of benzene rings is 1. The van der Waals surface area contributed by atoms with Gasteiger partial charge in [-0.2, -0.15) is 0 Å². The van der Waals surface area contributed by atoms with Crippen molar-refractivity contribution in [2.24, 2.45) is 0 Å². The lowest BCUT2D eigenvalue weighted by Crippen LogP contribution is -2.28. The summed E-state index contributed by atoms with van der Waals surface area (Å²) in [4.78, 5) is 0. The van der Waals surface area contributed by atoms with Gasteiger partial charge in [0.25, 0.3) is 0 Å². The normalized spacial score (nSPS) is 26.1. The van der Waals surface area contributed by atoms with Crippen molar-refractivity contribution in [3.8, 4) is 0 Å². The van der Waals surface area contributed by atoms with Gasteiger partial charge >= 0.3 is 0 Å². The molecule has 0 radical (unpaired) electrons. The summed E-state index contributed by atoms with van der Waals surface area (Å²) in [7, 11) is 1.68. The molecule has 94 valence electrons. The molecule has 5 heteroatoms. The molecule has 0 amide bonds. The predicted molar refractivity (Wildman–Crippen MR) is 68.5 cm³/mol. The fourth-order valence-electron chi connectivity index (χ4n) is 1.85. The Morgan fingerprint density at radius 1 is 1.35 bits per heavy atom. The van der Waals surface area contributed by atoms with E-state index < -0.39 is 0 Å². The Bertz CT molecular complexity index is 380. The van der Waals surface area contributed by atoms with E-state index in [1.807, 2.05) is 19.1 Å². The van der Waals surface area contributed by atoms with E-state index >= 15 is 0 Å². The van der Waals surface area contributed by atoms with Crippen molar-refractivity contribution in [3.05, 3.63) is 33.8 Å². The minimum absolute atomic E-state index is 0.0442. The fourth-order valence-corrected chi connectivity index (χ4v) is 2.39. The van der Waals surface area contributed by atoms with Crippen LogP contribution in [0.5, 0.6) is 0 Å². The maximum atomic E-state index is 5.96. The van der Waals surface area contributed by atoms with Crippen molar-refractivity contribution < 1.29 is 9.47 Å². The van der Waals surface area contributed by atoms with Crippen LogP contribution in [0.25, 0.3) is 0 Å². The molecule has 1 heterocycles. The number of nitrogens with one attached hydrogen (secondary N) is 1. The first-order valence-corrected chi connectivity index (χ1v) is 6.23. The molecule has 0 spiro atoms. The average Bonchev–Trinajstić information content (AvgIpc) is 2.76. The van der Waals surface area contributed by atoms with Crippen molar-refractivity contribution in [1.82, 2.24) is 5.32 Å². The Hall–Kier alpha value is -0.320. The van der Waals surface area contributed by atoms with Crippen molar-refractivity contribution in [3.63, 3.8) is 0 Å². The Labute approximate surface area is 111 Å². The molecule has 1 N–H and O–H groups in total. The molecule has 0 bridgehead atoms. The number of rotatable bonds is 3. The summed E-state index contributed by atoms with van der Waals surface area (Å²) in [6, 6.07) is 5.41. The lowest BCUT2D eigenvalue weighted by atomic mass is 10.2. The van der Waals surface area contributed by atoms with E-state index in [1.165, 1.54) is 0 Å². The van der Waals surface area contributed by atoms with Crippen LogP contribution < -0.4 is 5.32 Å². The highest BCUT2D eigenvalue weighted by Crippen LogP contribution is 2.28. The highest BCUT2D eigenvalue weighted by Gasteiger charge is 2.30. The minimum Gasteiger partial charge on any atom is -0.379 e. The van der Waals surface area contributed by atoms with Crippen LogP contribution in [-0.4, -0.2) is 25.9 Å². The number of hydrogen-bond acceptors (Lipinski definition) is 3. The van der Waals surface area contributed by atoms with Gasteiger partial charge < -0.3 is 9.47 Å². The maximum absolute atomic E-state index is 5.96. The summed E-state index contributed by atoms with van der Waals surface area (Å²) in [6.45, 7) is 2.74. The number of ether oxygens (including phenoxy) is 2. The molecule has 0 saturated carbocycles. The standard InChI is InChI=1S/C12H15Cl2NO2/c1-7(16-2)11-6-15-12(17-11)8-3-9(13)5-10(14)4-8/h3-5,7,11-12,15H,6H2,1-2H3. The Kier molecular flexibility index (Phi) is 4.28. The van der Waals surface area contributed by atoms with Crippen molar-refractivity contribution in [2.45, 2.75) is 25.4 Å². The SMILES string of the molecule is COC(C)C1CNC(c2cc(Cl)cc(Cl)c2)O1. The van der Waals surface area contributed by atoms with Crippen LogP contribution in [0, 0.1) is 0 Å². The van der Waals surface area contributed by atoms with Gasteiger partial charge in [-0.15, -0.1) is 0 Å². The molecule has 3 nitrogen and oxygen atoms in total. The van der Waals surface area contributed by atoms with E-state index in [0.29, 0.717) is 10.0 Å². The molecule has 1 aromatic rings. The van der Waals surface area contributed by atoms with Gasteiger partial charge in [-0.1, -0.05) is 23.2 Å². The minimum atomic E-state index is -0.172. The van der Waals surface area contributed by atoms with Crippen LogP contribution >= 0.6 is 23.2 Å². The second kappa shape index (κ2) is 5.55. The largest absolute Gasteiger partial charge is 0.379 e. The average molecular weight is 276 g/mol. The Morgan fingerprint density at radius 3 is 2.59 bits per heavy atom. The van der Waals surface area contributed by atoms with Gasteiger partial charge in [0.05, 0.1) is 12.2 Å². The molecule has 0 aromatic heterocycles. The van der Waals surface area contributed by atoms with E-state index in [-0.39, 0.29) is 18.4 Å². The molecule has 3 unspecified atom stereocenters. The van der Waals surface area contributed by atoms with E-state index in [2.05, 4.69) is 5.32 Å². The third-order valence-corrected chi connectivity index (χ3v) is 3.33. The first-order valence-electron chi connectivity index (χ1n) is 5.48. The first-order chi connectivity index (χ1) is 8.10. The quantitative estimate of drug-likeness (QED) is 0.920. The van der Waals surface area contributed by atoms with Gasteiger partial charge in [0.2, 0.25) is 0 Å². The van der Waals surface area contributed by atoms with Crippen LogP contribution in [0.3, 0.4) is 0 Å². The summed E-state index contributed by atoms with van der Waals surface area (Å²) in [6.07, 6.45) is -0.0706. The Morgan fingerprint density at radius 2 is 2.00 bits per heavy atom. The number of halogens is 2. The van der Waals surface area contributed by atoms with Gasteiger partial charge in [0, 0.05) is 23.7 Å². The van der Waals surface area contributed by atoms with Gasteiger partial charge in [0.1, 0.15) is 6.23 Å². The summed E-state index contributed by atoms with van der Waals surface area (Å²) >= 11 is 11.9. The monoisotopic (exact) mass is 275 g/mol. The van der Waals surface area contributed by atoms with E-state index in [9.17, 15) is 0 Å². The van der Waals surface area contributed by atoms with Crippen LogP contribution in [0.4, 0.5) is 0 Å². The number of hydrogen-bond donors (Lipinski definition) is 1. The van der Waals surface area contributed by atoms with E-state index in [4.69, 9.17) is 32.7 Å². The lowest BCUT2D eigenvalue weighted by molar-refractivity contribution is -0.0435. The zero-order chi connectivity index (χ0) is 12.4. The fraction of sp³-hybridized carbons (Fsp3) is 0.500. The molecule has 1 saturated heterocycles. The molecule has 1 fully saturated rings. The molecule has 1 aromatic carbocycles. The van der Waals surface area contributed by atoms with Crippen LogP contribution in [0.1, 0.15) is 18.7 Å². The molecular formula is C12H15Cl2NO2. The van der Waals surface area contributed by atoms with Gasteiger partial charge in [0.15, 0.2) is 0 Å². The molecule has 0 aliphatic carbocycles. The zero-order valence-electron chi connectivity index (χ0n) is 9.74. The zero-order valence-corrected chi connectivity index (χ0v) is 11.3. The van der Waals surface area contributed by atoms with Crippen molar-refractivity contribution >= 4 is 23.2 Å². The first kappa shape index (κ1) is 13.1. The van der Waals surface area contributed by atoms with Gasteiger partial charge in [-0.25, -0.2) is 0 Å². The highest BCUT2D eigenvalue weighted by atomic mass is 35.5. The van der Waals surface area contributed by atoms with Crippen LogP contribution in [-0.2, 0) is 9.47 Å². The molecule has 17 heavy (non-hydrogen) atoms. The van der Waals surface area contributed by atoms with Crippen LogP contribution in [0.2, 0.25) is 10.0 Å². The summed E-state index contributed by atoms with van der Waals surface area (Å²) in [5.74, 6) is 0. The van der Waals surface area contributed by atoms with Crippen LogP contribution in [0.15, 0.2) is 18.2 Å². The molecule has 2 rings (SSSR count). The summed E-state index contributed by atoms with van der Waals surface area (Å²) < 4.78 is 11.1. The van der Waals surface area contributed by atoms with Crippen molar-refractivity contribution in [1.29, 1.82) is 0 Å². The third-order valence-electron chi connectivity index (χ3n) is 2.90. The second-order valence-electron chi connectivity index (χ2n) is 4.11. The molecular weight excluding hydrogens is 261 g/mol. The Balaban J connectivity index is 2.09. The lowest BCUT2D eigenvalue weighted by Gasteiger charge is -2.18. The topological polar surface area (TPSA) is 30.5 Å². The van der Waals surface area contributed by atoms with E-state index in [0.717, 1.165) is 12.1 Å². The maximum Gasteiger partial charge on any atom is 0.135 e. The smallest absolute Gasteiger partial charge is 0.135 e. The van der Waals surface area contributed by atoms with Crippen molar-refractivity contribution in [2.75, 3.05) is 13.7 Å². The number of methoxy groups -OCH3 is 1. The summed E-state index contributed by atoms with van der Waals surface area (Å²) in [5, 5.41) is 4.50.